The molecule has 1 heterocycles. The van der Waals surface area contributed by atoms with Crippen molar-refractivity contribution in [3.63, 3.8) is 0 Å². The minimum Gasteiger partial charge on any atom is -0.495 e. The third kappa shape index (κ3) is 5.84. The van der Waals surface area contributed by atoms with E-state index < -0.39 is 6.04 Å². The van der Waals surface area contributed by atoms with Gasteiger partial charge in [0.25, 0.3) is 5.91 Å². The van der Waals surface area contributed by atoms with Crippen molar-refractivity contribution >= 4 is 11.6 Å². The second-order valence-corrected chi connectivity index (χ2v) is 7.88. The van der Waals surface area contributed by atoms with Crippen LogP contribution in [0.5, 0.6) is 23.0 Å². The predicted octanol–water partition coefficient (Wildman–Crippen LogP) is 2.72. The fourth-order valence-corrected chi connectivity index (χ4v) is 3.74. The molecule has 1 aromatic heterocycles. The maximum atomic E-state index is 12.7. The van der Waals surface area contributed by atoms with Crippen LogP contribution in [0.2, 0.25) is 0 Å². The summed E-state index contributed by atoms with van der Waals surface area (Å²) in [6.45, 7) is 0.594. The Bertz CT molecular complexity index is 1120. The van der Waals surface area contributed by atoms with Crippen molar-refractivity contribution in [2.75, 3.05) is 40.3 Å². The first kappa shape index (κ1) is 25.9. The van der Waals surface area contributed by atoms with E-state index in [4.69, 9.17) is 29.2 Å². The zero-order valence-corrected chi connectivity index (χ0v) is 20.6. The number of nitrogens with one attached hydrogen (secondary N) is 1. The van der Waals surface area contributed by atoms with Gasteiger partial charge in [0, 0.05) is 17.5 Å². The summed E-state index contributed by atoms with van der Waals surface area (Å²) >= 11 is 0. The van der Waals surface area contributed by atoms with Gasteiger partial charge in [-0.1, -0.05) is 11.2 Å². The van der Waals surface area contributed by atoms with Crippen LogP contribution in [0.3, 0.4) is 0 Å². The molecule has 2 aromatic carbocycles. The number of amides is 1. The van der Waals surface area contributed by atoms with Crippen molar-refractivity contribution in [3.8, 4) is 45.4 Å². The zero-order valence-electron chi connectivity index (χ0n) is 20.6. The molecule has 35 heavy (non-hydrogen) atoms. The first-order chi connectivity index (χ1) is 17.0. The van der Waals surface area contributed by atoms with Crippen LogP contribution >= 0.6 is 0 Å². The molecule has 10 heteroatoms. The molecule has 3 rings (SSSR count). The van der Waals surface area contributed by atoms with Gasteiger partial charge in [-0.15, -0.1) is 0 Å². The largest absolute Gasteiger partial charge is 0.495 e. The number of nitrogens with zero attached hydrogens (tertiary/aromatic N) is 1. The minimum atomic E-state index is -0.403. The van der Waals surface area contributed by atoms with Crippen LogP contribution < -0.4 is 35.7 Å². The average Bonchev–Trinajstić information content (AvgIpc) is 3.37. The zero-order chi connectivity index (χ0) is 25.4. The lowest BCUT2D eigenvalue weighted by Gasteiger charge is -2.15. The number of nitrogens with two attached hydrogens (primary N) is 1. The van der Waals surface area contributed by atoms with Gasteiger partial charge in [-0.2, -0.15) is 0 Å². The van der Waals surface area contributed by atoms with E-state index in [1.165, 1.54) is 0 Å². The van der Waals surface area contributed by atoms with Crippen LogP contribution in [0, 0.1) is 0 Å². The molecule has 0 saturated carbocycles. The molecule has 3 aromatic rings. The first-order valence-electron chi connectivity index (χ1n) is 11.2. The number of rotatable bonds is 12. The number of hydrogen-bond donors (Lipinski definition) is 3. The van der Waals surface area contributed by atoms with Crippen molar-refractivity contribution in [1.82, 2.24) is 5.16 Å². The number of quaternary nitrogens is 1. The number of anilines is 1. The molecule has 0 aliphatic rings. The Morgan fingerprint density at radius 3 is 2.29 bits per heavy atom. The highest BCUT2D eigenvalue weighted by molar-refractivity contribution is 5.96. The Morgan fingerprint density at radius 2 is 1.69 bits per heavy atom. The van der Waals surface area contributed by atoms with Gasteiger partial charge in [0.1, 0.15) is 17.7 Å². The van der Waals surface area contributed by atoms with Crippen LogP contribution in [-0.2, 0) is 4.79 Å². The first-order valence-corrected chi connectivity index (χ1v) is 11.2. The molecule has 6 N–H and O–H groups in total. The van der Waals surface area contributed by atoms with Gasteiger partial charge in [0.15, 0.2) is 17.5 Å². The predicted molar refractivity (Wildman–Crippen MR) is 132 cm³/mol. The van der Waals surface area contributed by atoms with Crippen molar-refractivity contribution < 1.29 is 34.0 Å². The lowest BCUT2D eigenvalue weighted by Crippen LogP contribution is -2.66. The number of hydrogen-bond acceptors (Lipinski definition) is 8. The summed E-state index contributed by atoms with van der Waals surface area (Å²) in [5, 5.41) is 7.14. The SMILES string of the molecule is COc1ccc(-c2conc2-c2cc(OC)c(OC)c(OC)c2)cc1NC(=O)C([NH3+])CCCCN. The van der Waals surface area contributed by atoms with Crippen molar-refractivity contribution in [3.05, 3.63) is 36.6 Å². The van der Waals surface area contributed by atoms with Crippen LogP contribution in [0.25, 0.3) is 22.4 Å². The molecule has 0 aliphatic carbocycles. The molecule has 1 atom stereocenters. The maximum absolute atomic E-state index is 12.7. The molecular weight excluding hydrogens is 452 g/mol. The summed E-state index contributed by atoms with van der Waals surface area (Å²) in [5.74, 6) is 1.81. The fourth-order valence-electron chi connectivity index (χ4n) is 3.74. The minimum absolute atomic E-state index is 0.187. The van der Waals surface area contributed by atoms with E-state index in [0.717, 1.165) is 18.4 Å². The number of carbonyl (C=O) groups is 1. The Labute approximate surface area is 204 Å². The Hall–Kier alpha value is -3.76. The highest BCUT2D eigenvalue weighted by atomic mass is 16.5. The number of ether oxygens (including phenoxy) is 4. The summed E-state index contributed by atoms with van der Waals surface area (Å²) in [7, 11) is 6.20. The second-order valence-electron chi connectivity index (χ2n) is 7.88. The van der Waals surface area contributed by atoms with Gasteiger partial charge >= 0.3 is 0 Å². The van der Waals surface area contributed by atoms with E-state index in [1.54, 1.807) is 52.9 Å². The topological polar surface area (TPSA) is 146 Å². The van der Waals surface area contributed by atoms with Gasteiger partial charge in [0.2, 0.25) is 5.75 Å². The van der Waals surface area contributed by atoms with Gasteiger partial charge in [-0.3, -0.25) is 4.79 Å². The molecule has 0 fully saturated rings. The molecule has 0 saturated heterocycles. The summed E-state index contributed by atoms with van der Waals surface area (Å²) in [4.78, 5) is 12.7. The summed E-state index contributed by atoms with van der Waals surface area (Å²) in [5.41, 5.74) is 12.8. The number of benzene rings is 2. The van der Waals surface area contributed by atoms with Gasteiger partial charge in [0.05, 0.1) is 34.1 Å². The molecular formula is C25H33N4O6+. The fraction of sp³-hybridized carbons (Fsp3) is 0.360. The van der Waals surface area contributed by atoms with Crippen LogP contribution in [0.15, 0.2) is 41.1 Å². The quantitative estimate of drug-likeness (QED) is 0.332. The lowest BCUT2D eigenvalue weighted by molar-refractivity contribution is -0.404. The molecule has 10 nitrogen and oxygen atoms in total. The third-order valence-electron chi connectivity index (χ3n) is 5.65. The van der Waals surface area contributed by atoms with E-state index in [2.05, 4.69) is 16.2 Å². The van der Waals surface area contributed by atoms with Crippen molar-refractivity contribution in [2.24, 2.45) is 5.73 Å². The summed E-state index contributed by atoms with van der Waals surface area (Å²) in [6, 6.07) is 8.65. The van der Waals surface area contributed by atoms with Crippen LogP contribution in [0.1, 0.15) is 19.3 Å². The normalized spacial score (nSPS) is 11.6. The number of carbonyl (C=O) groups excluding carboxylic acids is 1. The third-order valence-corrected chi connectivity index (χ3v) is 5.65. The maximum Gasteiger partial charge on any atom is 0.282 e. The van der Waals surface area contributed by atoms with E-state index in [9.17, 15) is 4.79 Å². The van der Waals surface area contributed by atoms with Gasteiger partial charge in [-0.25, -0.2) is 0 Å². The molecule has 0 spiro atoms. The van der Waals surface area contributed by atoms with Gasteiger partial charge < -0.3 is 40.3 Å². The Kier molecular flexibility index (Phi) is 8.93. The highest BCUT2D eigenvalue weighted by Gasteiger charge is 2.22. The van der Waals surface area contributed by atoms with E-state index >= 15 is 0 Å². The standard InChI is InChI=1S/C25H32N4O6/c1-31-20-9-8-15(11-19(20)28-25(30)18(27)7-5-6-10-26)17-14-35-29-23(17)16-12-21(32-2)24(34-4)22(13-16)33-3/h8-9,11-14,18H,5-7,10,26-27H2,1-4H3,(H,28,30)/p+1. The average molecular weight is 486 g/mol. The Morgan fingerprint density at radius 1 is 1.00 bits per heavy atom. The van der Waals surface area contributed by atoms with E-state index in [-0.39, 0.29) is 5.91 Å². The van der Waals surface area contributed by atoms with Crippen LogP contribution in [-0.4, -0.2) is 52.1 Å². The van der Waals surface area contributed by atoms with Crippen LogP contribution in [0.4, 0.5) is 5.69 Å². The second kappa shape index (κ2) is 12.1. The Balaban J connectivity index is 1.96. The van der Waals surface area contributed by atoms with E-state index in [0.29, 0.717) is 58.5 Å². The molecule has 188 valence electrons. The van der Waals surface area contributed by atoms with E-state index in [1.807, 2.05) is 12.1 Å². The summed E-state index contributed by atoms with van der Waals surface area (Å²) < 4.78 is 27.1. The van der Waals surface area contributed by atoms with Crippen molar-refractivity contribution in [1.29, 1.82) is 0 Å². The smallest absolute Gasteiger partial charge is 0.282 e. The molecule has 0 radical (unpaired) electrons. The number of unbranched alkanes of at least 4 members (excludes halogenated alkanes) is 1. The molecule has 1 unspecified atom stereocenters. The van der Waals surface area contributed by atoms with Gasteiger partial charge in [-0.05, 0) is 49.2 Å². The monoisotopic (exact) mass is 485 g/mol. The lowest BCUT2D eigenvalue weighted by atomic mass is 10.00. The number of methoxy groups -OCH3 is 4. The molecule has 0 aliphatic heterocycles. The molecule has 1 amide bonds. The highest BCUT2D eigenvalue weighted by Crippen LogP contribution is 2.43. The summed E-state index contributed by atoms with van der Waals surface area (Å²) in [6.07, 6.45) is 3.90. The number of aromatic nitrogens is 1. The molecule has 0 bridgehead atoms. The van der Waals surface area contributed by atoms with Crippen molar-refractivity contribution in [2.45, 2.75) is 25.3 Å².